The molecular weight excluding hydrogens is 419 g/mol. The summed E-state index contributed by atoms with van der Waals surface area (Å²) in [6.07, 6.45) is 1.80. The smallest absolute Gasteiger partial charge is 0.381 e. The number of halogens is 3. The molecule has 0 spiro atoms. The van der Waals surface area contributed by atoms with Gasteiger partial charge in [0.25, 0.3) is 0 Å². The molecule has 4 rings (SSSR count). The molecule has 32 heavy (non-hydrogen) atoms. The maximum absolute atomic E-state index is 13.5. The quantitative estimate of drug-likeness (QED) is 0.634. The maximum atomic E-state index is 13.5. The Hall–Kier alpha value is -2.53. The topological polar surface area (TPSA) is 56.6 Å². The van der Waals surface area contributed by atoms with Crippen molar-refractivity contribution in [3.05, 3.63) is 41.5 Å². The fourth-order valence-electron chi connectivity index (χ4n) is 5.36. The summed E-state index contributed by atoms with van der Waals surface area (Å²) < 4.78 is 46.2. The Bertz CT molecular complexity index is 931. The summed E-state index contributed by atoms with van der Waals surface area (Å²) in [5.41, 5.74) is -0.980. The number of rotatable bonds is 5. The van der Waals surface area contributed by atoms with Crippen LogP contribution in [0.1, 0.15) is 37.3 Å². The van der Waals surface area contributed by atoms with Gasteiger partial charge in [0.05, 0.1) is 23.8 Å². The summed E-state index contributed by atoms with van der Waals surface area (Å²) in [5, 5.41) is 9.07. The van der Waals surface area contributed by atoms with Crippen LogP contribution in [0.2, 0.25) is 0 Å². The first-order valence-corrected chi connectivity index (χ1v) is 11.2. The first-order valence-electron chi connectivity index (χ1n) is 11.2. The molecule has 0 unspecified atom stereocenters. The van der Waals surface area contributed by atoms with Gasteiger partial charge >= 0.3 is 6.18 Å². The van der Waals surface area contributed by atoms with Gasteiger partial charge < -0.3 is 14.5 Å². The molecule has 5 nitrogen and oxygen atoms in total. The highest BCUT2D eigenvalue weighted by molar-refractivity contribution is 5.80. The third kappa shape index (κ3) is 4.23. The van der Waals surface area contributed by atoms with Crippen LogP contribution < -0.4 is 4.90 Å². The zero-order chi connectivity index (χ0) is 22.9. The summed E-state index contributed by atoms with van der Waals surface area (Å²) in [4.78, 5) is 17.0. The molecule has 172 valence electrons. The second kappa shape index (κ2) is 8.78. The molecule has 1 amide bonds. The number of amides is 1. The SMILES string of the molecule is CCOC[C@@]12CCN(c3ccc(C#N)c(C(F)(F)F)c3)C[C@@H]1CN(C(=O)C1CC=CC1)C2. The molecule has 1 aromatic carbocycles. The summed E-state index contributed by atoms with van der Waals surface area (Å²) >= 11 is 0. The van der Waals surface area contributed by atoms with Gasteiger partial charge in [-0.25, -0.2) is 0 Å². The first-order chi connectivity index (χ1) is 15.3. The summed E-state index contributed by atoms with van der Waals surface area (Å²) in [5.74, 6) is 0.291. The largest absolute Gasteiger partial charge is 0.417 e. The van der Waals surface area contributed by atoms with Crippen LogP contribution in [0, 0.1) is 28.6 Å². The van der Waals surface area contributed by atoms with Crippen LogP contribution in [-0.4, -0.2) is 50.2 Å². The average Bonchev–Trinajstić information content (AvgIpc) is 3.44. The number of likely N-dealkylation sites (tertiary alicyclic amines) is 1. The number of piperidine rings is 1. The van der Waals surface area contributed by atoms with Crippen molar-refractivity contribution in [2.75, 3.05) is 44.3 Å². The van der Waals surface area contributed by atoms with Gasteiger partial charge in [-0.3, -0.25) is 4.79 Å². The number of hydrogen-bond acceptors (Lipinski definition) is 4. The lowest BCUT2D eigenvalue weighted by atomic mass is 9.73. The molecule has 2 heterocycles. The molecule has 2 atom stereocenters. The number of benzene rings is 1. The maximum Gasteiger partial charge on any atom is 0.417 e. The van der Waals surface area contributed by atoms with E-state index in [9.17, 15) is 18.0 Å². The van der Waals surface area contributed by atoms with Crippen molar-refractivity contribution in [1.29, 1.82) is 5.26 Å². The van der Waals surface area contributed by atoms with Crippen LogP contribution >= 0.6 is 0 Å². The molecule has 0 radical (unpaired) electrons. The second-order valence-corrected chi connectivity index (χ2v) is 9.09. The highest BCUT2D eigenvalue weighted by atomic mass is 19.4. The monoisotopic (exact) mass is 447 g/mol. The predicted octanol–water partition coefficient (Wildman–Crippen LogP) is 4.23. The van der Waals surface area contributed by atoms with Crippen LogP contribution in [0.4, 0.5) is 18.9 Å². The van der Waals surface area contributed by atoms with E-state index in [1.54, 1.807) is 12.1 Å². The molecule has 0 bridgehead atoms. The highest BCUT2D eigenvalue weighted by Gasteiger charge is 2.51. The normalized spacial score (nSPS) is 25.8. The number of fused-ring (bicyclic) bond motifs is 1. The molecule has 8 heteroatoms. The minimum atomic E-state index is -4.58. The molecule has 3 aliphatic rings. The van der Waals surface area contributed by atoms with Crippen molar-refractivity contribution in [3.8, 4) is 6.07 Å². The van der Waals surface area contributed by atoms with Crippen molar-refractivity contribution in [2.45, 2.75) is 32.4 Å². The van der Waals surface area contributed by atoms with Gasteiger partial charge in [-0.1, -0.05) is 12.2 Å². The molecule has 2 fully saturated rings. The molecule has 0 aromatic heterocycles. The molecule has 2 saturated heterocycles. The first kappa shape index (κ1) is 22.7. The number of allylic oxidation sites excluding steroid dienone is 2. The lowest BCUT2D eigenvalue weighted by Gasteiger charge is -2.44. The number of hydrogen-bond donors (Lipinski definition) is 0. The Kier molecular flexibility index (Phi) is 6.22. The fourth-order valence-corrected chi connectivity index (χ4v) is 5.36. The van der Waals surface area contributed by atoms with Crippen LogP contribution in [-0.2, 0) is 15.7 Å². The van der Waals surface area contributed by atoms with E-state index in [2.05, 4.69) is 0 Å². The van der Waals surface area contributed by atoms with Gasteiger partial charge in [0.15, 0.2) is 0 Å². The number of anilines is 1. The highest BCUT2D eigenvalue weighted by Crippen LogP contribution is 2.45. The number of nitriles is 1. The van der Waals surface area contributed by atoms with Gasteiger partial charge in [0.2, 0.25) is 5.91 Å². The van der Waals surface area contributed by atoms with Gasteiger partial charge in [-0.2, -0.15) is 18.4 Å². The number of ether oxygens (including phenoxy) is 1. The van der Waals surface area contributed by atoms with Crippen molar-refractivity contribution < 1.29 is 22.7 Å². The van der Waals surface area contributed by atoms with Crippen LogP contribution in [0.5, 0.6) is 0 Å². The average molecular weight is 448 g/mol. The number of nitrogens with zero attached hydrogens (tertiary/aromatic N) is 3. The predicted molar refractivity (Wildman–Crippen MR) is 114 cm³/mol. The third-order valence-electron chi connectivity index (χ3n) is 7.19. The lowest BCUT2D eigenvalue weighted by Crippen LogP contribution is -2.49. The zero-order valence-corrected chi connectivity index (χ0v) is 18.2. The molecular formula is C24H28F3N3O2. The van der Waals surface area contributed by atoms with E-state index < -0.39 is 11.7 Å². The molecule has 1 aromatic rings. The minimum Gasteiger partial charge on any atom is -0.381 e. The minimum absolute atomic E-state index is 0.00303. The Morgan fingerprint density at radius 3 is 2.69 bits per heavy atom. The van der Waals surface area contributed by atoms with Crippen molar-refractivity contribution in [3.63, 3.8) is 0 Å². The number of alkyl halides is 3. The summed E-state index contributed by atoms with van der Waals surface area (Å²) in [7, 11) is 0. The van der Waals surface area contributed by atoms with E-state index in [-0.39, 0.29) is 28.7 Å². The van der Waals surface area contributed by atoms with E-state index in [0.717, 1.165) is 25.3 Å². The Morgan fingerprint density at radius 1 is 1.28 bits per heavy atom. The Balaban J connectivity index is 1.56. The third-order valence-corrected chi connectivity index (χ3v) is 7.19. The fraction of sp³-hybridized carbons (Fsp3) is 0.583. The standard InChI is InChI=1S/C24H28F3N3O2/c1-2-32-16-23-9-10-29(20-8-7-18(12-28)21(11-20)24(25,26)27)13-19(23)14-30(15-23)22(31)17-5-3-4-6-17/h3-4,7-8,11,17,19H,2,5-6,9-10,13-16H2,1H3/t19-,23+/m1/s1. The summed E-state index contributed by atoms with van der Waals surface area (Å²) in [6.45, 7) is 5.46. The van der Waals surface area contributed by atoms with Crippen LogP contribution in [0.3, 0.4) is 0 Å². The van der Waals surface area contributed by atoms with Crippen molar-refractivity contribution in [2.24, 2.45) is 17.3 Å². The number of carbonyl (C=O) groups excluding carboxylic acids is 1. The Morgan fingerprint density at radius 2 is 2.03 bits per heavy atom. The van der Waals surface area contributed by atoms with Gasteiger partial charge in [0.1, 0.15) is 0 Å². The summed E-state index contributed by atoms with van der Waals surface area (Å²) in [6, 6.07) is 5.56. The van der Waals surface area contributed by atoms with E-state index in [1.807, 2.05) is 28.9 Å². The Labute approximate surface area is 186 Å². The lowest BCUT2D eigenvalue weighted by molar-refractivity contribution is -0.137. The van der Waals surface area contributed by atoms with Crippen molar-refractivity contribution in [1.82, 2.24) is 4.90 Å². The second-order valence-electron chi connectivity index (χ2n) is 9.09. The molecule has 1 aliphatic carbocycles. The van der Waals surface area contributed by atoms with Gasteiger partial charge in [-0.05, 0) is 44.4 Å². The molecule has 2 aliphatic heterocycles. The van der Waals surface area contributed by atoms with Gasteiger partial charge in [-0.15, -0.1) is 0 Å². The van der Waals surface area contributed by atoms with E-state index in [1.165, 1.54) is 6.07 Å². The van der Waals surface area contributed by atoms with E-state index >= 15 is 0 Å². The number of carbonyl (C=O) groups is 1. The zero-order valence-electron chi connectivity index (χ0n) is 18.2. The molecule has 0 N–H and O–H groups in total. The van der Waals surface area contributed by atoms with Gasteiger partial charge in [0, 0.05) is 55.7 Å². The van der Waals surface area contributed by atoms with Crippen LogP contribution in [0.15, 0.2) is 30.4 Å². The molecule has 0 saturated carbocycles. The van der Waals surface area contributed by atoms with Crippen molar-refractivity contribution >= 4 is 11.6 Å². The van der Waals surface area contributed by atoms with E-state index in [4.69, 9.17) is 10.00 Å². The van der Waals surface area contributed by atoms with Crippen LogP contribution in [0.25, 0.3) is 0 Å². The van der Waals surface area contributed by atoms with E-state index in [0.29, 0.717) is 45.1 Å².